The van der Waals surface area contributed by atoms with Gasteiger partial charge >= 0.3 is 5.97 Å². The zero-order valence-corrected chi connectivity index (χ0v) is 14.0. The molecule has 0 spiro atoms. The van der Waals surface area contributed by atoms with Crippen LogP contribution in [0.3, 0.4) is 0 Å². The van der Waals surface area contributed by atoms with Gasteiger partial charge in [-0.2, -0.15) is 0 Å². The van der Waals surface area contributed by atoms with Crippen LogP contribution in [0.5, 0.6) is 0 Å². The number of hydrogen-bond donors (Lipinski definition) is 2. The second kappa shape index (κ2) is 7.93. The fraction of sp³-hybridized carbons (Fsp3) is 0.350. The monoisotopic (exact) mass is 311 g/mol. The van der Waals surface area contributed by atoms with E-state index >= 15 is 0 Å². The van der Waals surface area contributed by atoms with Crippen LogP contribution >= 0.6 is 0 Å². The summed E-state index contributed by atoms with van der Waals surface area (Å²) in [6.07, 6.45) is 0.632. The van der Waals surface area contributed by atoms with Gasteiger partial charge in [0.15, 0.2) is 0 Å². The smallest absolute Gasteiger partial charge is 0.320 e. The van der Waals surface area contributed by atoms with E-state index in [2.05, 4.69) is 36.5 Å². The lowest BCUT2D eigenvalue weighted by atomic mass is 9.98. The first-order valence-corrected chi connectivity index (χ1v) is 8.08. The summed E-state index contributed by atoms with van der Waals surface area (Å²) in [7, 11) is 0. The lowest BCUT2D eigenvalue weighted by Crippen LogP contribution is -2.37. The highest BCUT2D eigenvalue weighted by Crippen LogP contribution is 2.24. The maximum Gasteiger partial charge on any atom is 0.320 e. The standard InChI is InChI=1S/C20H25NO2/c1-14(2)11-19(20(22)23)21-13-16-8-6-9-17(12-16)18-10-5-4-7-15(18)3/h4-10,12,14,19,21H,11,13H2,1-3H3,(H,22,23). The molecule has 2 N–H and O–H groups in total. The van der Waals surface area contributed by atoms with E-state index in [1.54, 1.807) is 0 Å². The Morgan fingerprint density at radius 1 is 1.13 bits per heavy atom. The number of hydrogen-bond acceptors (Lipinski definition) is 2. The predicted molar refractivity (Wildman–Crippen MR) is 94.3 cm³/mol. The number of nitrogens with one attached hydrogen (secondary N) is 1. The molecule has 0 bridgehead atoms. The van der Waals surface area contributed by atoms with Crippen LogP contribution in [-0.2, 0) is 11.3 Å². The Labute approximate surface area is 138 Å². The number of aryl methyl sites for hydroxylation is 1. The van der Waals surface area contributed by atoms with Gasteiger partial charge in [0.25, 0.3) is 0 Å². The van der Waals surface area contributed by atoms with E-state index in [1.807, 2.05) is 38.1 Å². The summed E-state index contributed by atoms with van der Waals surface area (Å²) in [5.74, 6) is -0.435. The van der Waals surface area contributed by atoms with Gasteiger partial charge in [0, 0.05) is 6.54 Å². The number of benzene rings is 2. The van der Waals surface area contributed by atoms with Gasteiger partial charge < -0.3 is 10.4 Å². The average molecular weight is 311 g/mol. The highest BCUT2D eigenvalue weighted by Gasteiger charge is 2.17. The number of carboxylic acid groups (broad SMARTS) is 1. The summed E-state index contributed by atoms with van der Waals surface area (Å²) in [5, 5.41) is 12.5. The first kappa shape index (κ1) is 17.2. The Balaban J connectivity index is 2.11. The Morgan fingerprint density at radius 2 is 1.87 bits per heavy atom. The molecule has 0 aliphatic rings. The highest BCUT2D eigenvalue weighted by atomic mass is 16.4. The van der Waals surface area contributed by atoms with E-state index in [9.17, 15) is 9.90 Å². The number of carbonyl (C=O) groups is 1. The van der Waals surface area contributed by atoms with Crippen molar-refractivity contribution >= 4 is 5.97 Å². The SMILES string of the molecule is Cc1ccccc1-c1cccc(CNC(CC(C)C)C(=O)O)c1. The molecular formula is C20H25NO2. The second-order valence-electron chi connectivity index (χ2n) is 6.42. The second-order valence-corrected chi connectivity index (χ2v) is 6.42. The molecule has 0 heterocycles. The highest BCUT2D eigenvalue weighted by molar-refractivity contribution is 5.73. The Bertz CT molecular complexity index is 664. The van der Waals surface area contributed by atoms with E-state index in [0.717, 1.165) is 11.1 Å². The third-order valence-corrected chi connectivity index (χ3v) is 3.94. The molecule has 23 heavy (non-hydrogen) atoms. The summed E-state index contributed by atoms with van der Waals surface area (Å²) < 4.78 is 0. The fourth-order valence-corrected chi connectivity index (χ4v) is 2.73. The van der Waals surface area contributed by atoms with Gasteiger partial charge in [-0.05, 0) is 47.6 Å². The molecule has 3 nitrogen and oxygen atoms in total. The minimum Gasteiger partial charge on any atom is -0.480 e. The molecule has 0 radical (unpaired) electrons. The van der Waals surface area contributed by atoms with Crippen LogP contribution in [0.15, 0.2) is 48.5 Å². The molecule has 0 aliphatic carbocycles. The molecule has 1 unspecified atom stereocenters. The van der Waals surface area contributed by atoms with Crippen LogP contribution < -0.4 is 5.32 Å². The van der Waals surface area contributed by atoms with E-state index in [0.29, 0.717) is 18.9 Å². The molecule has 0 saturated carbocycles. The molecule has 0 amide bonds. The number of aliphatic carboxylic acids is 1. The minimum atomic E-state index is -0.784. The Hall–Kier alpha value is -2.13. The maximum absolute atomic E-state index is 11.3. The van der Waals surface area contributed by atoms with Gasteiger partial charge in [-0.1, -0.05) is 56.3 Å². The largest absolute Gasteiger partial charge is 0.480 e. The summed E-state index contributed by atoms with van der Waals surface area (Å²) in [5.41, 5.74) is 4.71. The zero-order valence-electron chi connectivity index (χ0n) is 14.0. The fourth-order valence-electron chi connectivity index (χ4n) is 2.73. The van der Waals surface area contributed by atoms with E-state index < -0.39 is 12.0 Å². The third-order valence-electron chi connectivity index (χ3n) is 3.94. The Kier molecular flexibility index (Phi) is 5.94. The molecule has 0 aromatic heterocycles. The molecule has 2 aromatic rings. The van der Waals surface area contributed by atoms with Crippen molar-refractivity contribution in [3.8, 4) is 11.1 Å². The van der Waals surface area contributed by atoms with Crippen LogP contribution in [0.25, 0.3) is 11.1 Å². The summed E-state index contributed by atoms with van der Waals surface area (Å²) >= 11 is 0. The van der Waals surface area contributed by atoms with Gasteiger partial charge in [-0.15, -0.1) is 0 Å². The van der Waals surface area contributed by atoms with Crippen molar-refractivity contribution in [1.29, 1.82) is 0 Å². The molecule has 1 atom stereocenters. The van der Waals surface area contributed by atoms with Gasteiger partial charge in [0.2, 0.25) is 0 Å². The van der Waals surface area contributed by atoms with Crippen LogP contribution in [0.1, 0.15) is 31.4 Å². The first-order valence-electron chi connectivity index (χ1n) is 8.08. The Morgan fingerprint density at radius 3 is 2.52 bits per heavy atom. The molecular weight excluding hydrogens is 286 g/mol. The normalized spacial score (nSPS) is 12.3. The zero-order chi connectivity index (χ0) is 16.8. The van der Waals surface area contributed by atoms with Crippen molar-refractivity contribution in [3.05, 3.63) is 59.7 Å². The van der Waals surface area contributed by atoms with E-state index in [1.165, 1.54) is 11.1 Å². The summed E-state index contributed by atoms with van der Waals surface area (Å²) in [4.78, 5) is 11.3. The van der Waals surface area contributed by atoms with Crippen molar-refractivity contribution in [1.82, 2.24) is 5.32 Å². The van der Waals surface area contributed by atoms with Gasteiger partial charge in [0.1, 0.15) is 6.04 Å². The van der Waals surface area contributed by atoms with Crippen LogP contribution in [0, 0.1) is 12.8 Å². The average Bonchev–Trinajstić information content (AvgIpc) is 2.51. The molecule has 2 rings (SSSR count). The quantitative estimate of drug-likeness (QED) is 0.803. The summed E-state index contributed by atoms with van der Waals surface area (Å²) in [6.45, 7) is 6.74. The van der Waals surface area contributed by atoms with Crippen molar-refractivity contribution in [2.24, 2.45) is 5.92 Å². The van der Waals surface area contributed by atoms with Crippen molar-refractivity contribution in [2.75, 3.05) is 0 Å². The topological polar surface area (TPSA) is 49.3 Å². The van der Waals surface area contributed by atoms with E-state index in [-0.39, 0.29) is 0 Å². The molecule has 0 fully saturated rings. The van der Waals surface area contributed by atoms with Gasteiger partial charge in [-0.25, -0.2) is 0 Å². The van der Waals surface area contributed by atoms with Crippen molar-refractivity contribution in [3.63, 3.8) is 0 Å². The van der Waals surface area contributed by atoms with Gasteiger partial charge in [0.05, 0.1) is 0 Å². The first-order chi connectivity index (χ1) is 11.0. The number of carboxylic acids is 1. The predicted octanol–water partition coefficient (Wildman–Crippen LogP) is 4.25. The molecule has 0 aliphatic heterocycles. The lowest BCUT2D eigenvalue weighted by Gasteiger charge is -2.17. The molecule has 0 saturated heterocycles. The molecule has 2 aromatic carbocycles. The van der Waals surface area contributed by atoms with Crippen LogP contribution in [-0.4, -0.2) is 17.1 Å². The molecule has 122 valence electrons. The lowest BCUT2D eigenvalue weighted by molar-refractivity contribution is -0.140. The van der Waals surface area contributed by atoms with E-state index in [4.69, 9.17) is 0 Å². The minimum absolute atomic E-state index is 0.349. The number of rotatable bonds is 7. The summed E-state index contributed by atoms with van der Waals surface area (Å²) in [6, 6.07) is 16.1. The maximum atomic E-state index is 11.3. The van der Waals surface area contributed by atoms with Crippen LogP contribution in [0.2, 0.25) is 0 Å². The van der Waals surface area contributed by atoms with Crippen molar-refractivity contribution < 1.29 is 9.90 Å². The van der Waals surface area contributed by atoms with Crippen molar-refractivity contribution in [2.45, 2.75) is 39.8 Å². The van der Waals surface area contributed by atoms with Crippen LogP contribution in [0.4, 0.5) is 0 Å². The molecule has 3 heteroatoms. The van der Waals surface area contributed by atoms with Gasteiger partial charge in [-0.3, -0.25) is 4.79 Å². The third kappa shape index (κ3) is 4.93.